The molecule has 1 aromatic carbocycles. The molecule has 4 aromatic rings. The van der Waals surface area contributed by atoms with Crippen LogP contribution in [0.25, 0.3) is 28.0 Å². The molecule has 47 heavy (non-hydrogen) atoms. The summed E-state index contributed by atoms with van der Waals surface area (Å²) < 4.78 is 16.7. The van der Waals surface area contributed by atoms with E-state index in [0.717, 1.165) is 0 Å². The molecule has 1 aliphatic rings. The normalized spacial score (nSPS) is 17.0. The van der Waals surface area contributed by atoms with Gasteiger partial charge in [-0.1, -0.05) is 58.0 Å². The molecule has 1 saturated heterocycles. The lowest BCUT2D eigenvalue weighted by Gasteiger charge is -2.44. The van der Waals surface area contributed by atoms with Gasteiger partial charge >= 0.3 is 5.69 Å². The predicted octanol–water partition coefficient (Wildman–Crippen LogP) is 5.95. The number of benzene rings is 1. The van der Waals surface area contributed by atoms with Crippen molar-refractivity contribution in [3.63, 3.8) is 0 Å². The maximum atomic E-state index is 15.2. The molecule has 0 aliphatic carbocycles. The van der Waals surface area contributed by atoms with Crippen LogP contribution in [0.15, 0.2) is 47.8 Å². The van der Waals surface area contributed by atoms with E-state index in [0.29, 0.717) is 53.7 Å². The fourth-order valence-electron chi connectivity index (χ4n) is 6.14. The molecule has 2 atom stereocenters. The molecule has 3 aromatic heterocycles. The van der Waals surface area contributed by atoms with Gasteiger partial charge in [0.1, 0.15) is 17.5 Å². The van der Waals surface area contributed by atoms with Crippen molar-refractivity contribution in [1.29, 1.82) is 0 Å². The highest BCUT2D eigenvalue weighted by Gasteiger charge is 2.34. The van der Waals surface area contributed by atoms with Gasteiger partial charge in [-0.15, -0.1) is 0 Å². The van der Waals surface area contributed by atoms with Crippen LogP contribution in [0.3, 0.4) is 0 Å². The molecule has 4 heterocycles. The summed E-state index contributed by atoms with van der Waals surface area (Å²) in [7, 11) is 3.91. The van der Waals surface area contributed by atoms with E-state index in [1.54, 1.807) is 29.2 Å². The highest BCUT2D eigenvalue weighted by molar-refractivity contribution is 6.33. The van der Waals surface area contributed by atoms with Crippen molar-refractivity contribution in [2.45, 2.75) is 72.0 Å². The molecule has 1 amide bonds. The summed E-state index contributed by atoms with van der Waals surface area (Å²) in [5, 5.41) is 0.724. The number of amides is 1. The molecular weight excluding hydrogens is 619 g/mol. The third-order valence-corrected chi connectivity index (χ3v) is 8.69. The van der Waals surface area contributed by atoms with Crippen molar-refractivity contribution < 1.29 is 9.18 Å². The van der Waals surface area contributed by atoms with Crippen LogP contribution < -0.4 is 10.6 Å². The van der Waals surface area contributed by atoms with Gasteiger partial charge in [0.25, 0.3) is 0 Å². The Balaban J connectivity index is 1.87. The number of anilines is 1. The van der Waals surface area contributed by atoms with Crippen molar-refractivity contribution in [3.8, 4) is 16.9 Å². The number of nitrogens with zero attached hydrogens (tertiary/aromatic N) is 8. The summed E-state index contributed by atoms with van der Waals surface area (Å²) >= 11 is 6.88. The van der Waals surface area contributed by atoms with Gasteiger partial charge in [0.2, 0.25) is 5.91 Å². The van der Waals surface area contributed by atoms with Crippen LogP contribution in [-0.2, 0) is 11.3 Å². The first-order valence-corrected chi connectivity index (χ1v) is 16.2. The third-order valence-electron chi connectivity index (χ3n) is 8.41. The molecular formula is C35H42ClFN8O2. The molecule has 10 nitrogen and oxygen atoms in total. The van der Waals surface area contributed by atoms with Gasteiger partial charge in [-0.25, -0.2) is 28.7 Å². The number of piperazine rings is 1. The molecule has 0 saturated carbocycles. The number of carbonyl (C=O) groups is 1. The molecule has 1 fully saturated rings. The van der Waals surface area contributed by atoms with E-state index in [1.807, 2.05) is 65.4 Å². The van der Waals surface area contributed by atoms with Crippen LogP contribution in [0.2, 0.25) is 5.02 Å². The minimum Gasteiger partial charge on any atom is -0.349 e. The van der Waals surface area contributed by atoms with Crippen LogP contribution in [-0.4, -0.2) is 79.5 Å². The highest BCUT2D eigenvalue weighted by Crippen LogP contribution is 2.37. The van der Waals surface area contributed by atoms with Gasteiger partial charge in [-0.2, -0.15) is 4.98 Å². The van der Waals surface area contributed by atoms with Crippen molar-refractivity contribution in [3.05, 3.63) is 81.5 Å². The summed E-state index contributed by atoms with van der Waals surface area (Å²) in [6.45, 7) is 17.0. The van der Waals surface area contributed by atoms with Gasteiger partial charge in [0, 0.05) is 30.7 Å². The molecule has 248 valence electrons. The highest BCUT2D eigenvalue weighted by atomic mass is 35.5. The van der Waals surface area contributed by atoms with Gasteiger partial charge in [-0.05, 0) is 64.1 Å². The zero-order chi connectivity index (χ0) is 34.3. The maximum absolute atomic E-state index is 15.2. The van der Waals surface area contributed by atoms with E-state index in [4.69, 9.17) is 26.6 Å². The van der Waals surface area contributed by atoms with E-state index in [1.165, 1.54) is 16.7 Å². The largest absolute Gasteiger partial charge is 0.355 e. The van der Waals surface area contributed by atoms with Crippen molar-refractivity contribution in [2.75, 3.05) is 32.1 Å². The topological polar surface area (TPSA) is 100 Å². The summed E-state index contributed by atoms with van der Waals surface area (Å²) in [4.78, 5) is 52.3. The van der Waals surface area contributed by atoms with Gasteiger partial charge in [0.15, 0.2) is 5.65 Å². The van der Waals surface area contributed by atoms with Gasteiger partial charge in [0.05, 0.1) is 39.7 Å². The second kappa shape index (κ2) is 13.5. The lowest BCUT2D eigenvalue weighted by molar-refractivity contribution is -0.128. The molecule has 0 unspecified atom stereocenters. The Hall–Kier alpha value is -4.22. The summed E-state index contributed by atoms with van der Waals surface area (Å²) in [6.07, 6.45) is 1.31. The number of hydrogen-bond acceptors (Lipinski definition) is 8. The number of halogens is 2. The molecule has 0 N–H and O–H groups in total. The van der Waals surface area contributed by atoms with Gasteiger partial charge in [-0.3, -0.25) is 4.79 Å². The summed E-state index contributed by atoms with van der Waals surface area (Å²) in [5.74, 6) is 0.230. The lowest BCUT2D eigenvalue weighted by atomic mass is 10.0. The average molecular weight is 661 g/mol. The Kier molecular flexibility index (Phi) is 9.79. The SMILES string of the molecule is C=CC(=O)N1C[C@H](C)N(c2nc(=O)n(-c3c(C(C)C)nc(CN(C)C)nc3C(C)C)c3nc(-c4ccccc4F)c(Cl)cc23)C[C@H]1C. The number of fused-ring (bicyclic) bond motifs is 1. The second-order valence-electron chi connectivity index (χ2n) is 13.1. The molecule has 0 spiro atoms. The minimum atomic E-state index is -0.570. The number of carbonyl (C=O) groups excluding carboxylic acids is 1. The monoisotopic (exact) mass is 660 g/mol. The number of rotatable bonds is 8. The zero-order valence-corrected chi connectivity index (χ0v) is 29.0. The summed E-state index contributed by atoms with van der Waals surface area (Å²) in [5.41, 5.74) is 1.98. The van der Waals surface area contributed by atoms with Gasteiger partial charge < -0.3 is 14.7 Å². The van der Waals surface area contributed by atoms with E-state index in [9.17, 15) is 9.59 Å². The Bertz CT molecular complexity index is 1880. The van der Waals surface area contributed by atoms with Crippen LogP contribution in [0, 0.1) is 5.82 Å². The Morgan fingerprint density at radius 1 is 1.04 bits per heavy atom. The zero-order valence-electron chi connectivity index (χ0n) is 28.3. The smallest absolute Gasteiger partial charge is 0.349 e. The Morgan fingerprint density at radius 3 is 2.26 bits per heavy atom. The van der Waals surface area contributed by atoms with E-state index in [-0.39, 0.29) is 51.8 Å². The standard InChI is InChI=1S/C35H42ClFN8O2/c1-10-28(46)43-16-22(7)44(17-21(43)6)33-24-15-25(36)31(23-13-11-12-14-26(23)37)40-34(24)45(35(47)41-33)32-29(19(2)3)38-27(18-42(8)9)39-30(32)20(4)5/h10-15,19-22H,1,16-18H2,2-9H3/t21-,22+/m1/s1. The minimum absolute atomic E-state index is 0.0808. The van der Waals surface area contributed by atoms with Crippen molar-refractivity contribution in [1.82, 2.24) is 34.3 Å². The Morgan fingerprint density at radius 2 is 1.68 bits per heavy atom. The van der Waals surface area contributed by atoms with E-state index < -0.39 is 11.5 Å². The first-order chi connectivity index (χ1) is 22.2. The van der Waals surface area contributed by atoms with Crippen LogP contribution in [0.1, 0.15) is 70.6 Å². The van der Waals surface area contributed by atoms with Crippen LogP contribution in [0.5, 0.6) is 0 Å². The quantitative estimate of drug-likeness (QED) is 0.214. The average Bonchev–Trinajstić information content (AvgIpc) is 3.01. The maximum Gasteiger partial charge on any atom is 0.355 e. The number of pyridine rings is 1. The van der Waals surface area contributed by atoms with Crippen molar-refractivity contribution >= 4 is 34.4 Å². The van der Waals surface area contributed by atoms with Crippen LogP contribution in [0.4, 0.5) is 10.2 Å². The first kappa shape index (κ1) is 34.1. The summed E-state index contributed by atoms with van der Waals surface area (Å²) in [6, 6.07) is 7.59. The fraction of sp³-hybridized carbons (Fsp3) is 0.429. The number of aromatic nitrogens is 5. The molecule has 12 heteroatoms. The lowest BCUT2D eigenvalue weighted by Crippen LogP contribution is -2.58. The molecule has 1 aliphatic heterocycles. The molecule has 0 radical (unpaired) electrons. The fourth-order valence-corrected chi connectivity index (χ4v) is 6.40. The second-order valence-corrected chi connectivity index (χ2v) is 13.5. The molecule has 0 bridgehead atoms. The van der Waals surface area contributed by atoms with E-state index in [2.05, 4.69) is 11.6 Å². The van der Waals surface area contributed by atoms with Crippen LogP contribution >= 0.6 is 11.6 Å². The molecule has 5 rings (SSSR count). The Labute approximate surface area is 279 Å². The number of hydrogen-bond donors (Lipinski definition) is 0. The predicted molar refractivity (Wildman–Crippen MR) is 185 cm³/mol. The van der Waals surface area contributed by atoms with Crippen molar-refractivity contribution in [2.24, 2.45) is 0 Å². The van der Waals surface area contributed by atoms with E-state index >= 15 is 4.39 Å². The first-order valence-electron chi connectivity index (χ1n) is 15.9. The third kappa shape index (κ3) is 6.51.